The summed E-state index contributed by atoms with van der Waals surface area (Å²) in [7, 11) is 0. The number of nitrogens with one attached hydrogen (secondary N) is 5. The van der Waals surface area contributed by atoms with Crippen LogP contribution < -0.4 is 38.1 Å². The molecule has 0 radical (unpaired) electrons. The normalized spacial score (nSPS) is 17.1. The predicted octanol–water partition coefficient (Wildman–Crippen LogP) is 0.309. The molecule has 0 saturated carbocycles. The van der Waals surface area contributed by atoms with Gasteiger partial charge in [0.25, 0.3) is 0 Å². The molecular formula is C32H53N7O6. The highest BCUT2D eigenvalue weighted by Gasteiger charge is 2.32. The van der Waals surface area contributed by atoms with E-state index in [0.717, 1.165) is 18.5 Å². The van der Waals surface area contributed by atoms with E-state index in [4.69, 9.17) is 11.5 Å². The van der Waals surface area contributed by atoms with Crippen molar-refractivity contribution in [3.63, 3.8) is 0 Å². The summed E-state index contributed by atoms with van der Waals surface area (Å²) in [5.74, 6) is -3.13. The second kappa shape index (κ2) is 20.5. The highest BCUT2D eigenvalue weighted by atomic mass is 16.4. The summed E-state index contributed by atoms with van der Waals surface area (Å²) in [6, 6.07) is 4.65. The second-order valence-electron chi connectivity index (χ2n) is 12.1. The molecule has 252 valence electrons. The Hall–Kier alpha value is -3.55. The largest absolute Gasteiger partial charge is 0.480 e. The quantitative estimate of drug-likeness (QED) is 0.0874. The average Bonchev–Trinajstić information content (AvgIpc) is 3.55. The number of unbranched alkanes of at least 4 members (excludes halogenated alkanes) is 2. The number of hydrogen-bond donors (Lipinski definition) is 8. The first kappa shape index (κ1) is 37.6. The van der Waals surface area contributed by atoms with Gasteiger partial charge in [0.15, 0.2) is 0 Å². The fourth-order valence-electron chi connectivity index (χ4n) is 5.27. The van der Waals surface area contributed by atoms with E-state index in [-0.39, 0.29) is 37.1 Å². The van der Waals surface area contributed by atoms with Gasteiger partial charge in [0, 0.05) is 6.42 Å². The zero-order valence-electron chi connectivity index (χ0n) is 26.7. The minimum Gasteiger partial charge on any atom is -0.480 e. The molecule has 1 aliphatic rings. The maximum atomic E-state index is 13.8. The molecule has 0 bridgehead atoms. The van der Waals surface area contributed by atoms with E-state index in [1.165, 1.54) is 0 Å². The van der Waals surface area contributed by atoms with Crippen LogP contribution in [0.15, 0.2) is 30.3 Å². The second-order valence-corrected chi connectivity index (χ2v) is 12.1. The average molecular weight is 632 g/mol. The lowest BCUT2D eigenvalue weighted by atomic mass is 10.0. The summed E-state index contributed by atoms with van der Waals surface area (Å²) in [6.45, 7) is 5.28. The fraction of sp³-hybridized carbons (Fsp3) is 0.656. The van der Waals surface area contributed by atoms with Crippen LogP contribution in [0.4, 0.5) is 0 Å². The summed E-state index contributed by atoms with van der Waals surface area (Å²) in [5, 5.41) is 23.8. The number of carbonyl (C=O) groups excluding carboxylic acids is 4. The van der Waals surface area contributed by atoms with Crippen molar-refractivity contribution < 1.29 is 29.1 Å². The number of carboxylic acid groups (broad SMARTS) is 1. The number of nitrogens with two attached hydrogens (primary N) is 2. The number of amides is 4. The summed E-state index contributed by atoms with van der Waals surface area (Å²) < 4.78 is 0. The molecule has 0 aliphatic carbocycles. The third-order valence-electron chi connectivity index (χ3n) is 7.77. The van der Waals surface area contributed by atoms with Crippen molar-refractivity contribution in [2.45, 2.75) is 108 Å². The number of benzene rings is 1. The molecule has 1 saturated heterocycles. The fourth-order valence-corrected chi connectivity index (χ4v) is 5.27. The first-order valence-corrected chi connectivity index (χ1v) is 16.2. The molecule has 0 spiro atoms. The smallest absolute Gasteiger partial charge is 0.326 e. The molecule has 2 rings (SSSR count). The number of carbonyl (C=O) groups is 5. The van der Waals surface area contributed by atoms with Crippen molar-refractivity contribution in [3.05, 3.63) is 35.9 Å². The lowest BCUT2D eigenvalue weighted by molar-refractivity contribution is -0.142. The van der Waals surface area contributed by atoms with Gasteiger partial charge in [0.1, 0.15) is 24.2 Å². The first-order chi connectivity index (χ1) is 21.5. The maximum absolute atomic E-state index is 13.8. The Morgan fingerprint density at radius 2 is 1.33 bits per heavy atom. The third kappa shape index (κ3) is 14.0. The molecule has 13 nitrogen and oxygen atoms in total. The van der Waals surface area contributed by atoms with Gasteiger partial charge in [-0.15, -0.1) is 0 Å². The minimum absolute atomic E-state index is 0.0184. The lowest BCUT2D eigenvalue weighted by Crippen LogP contribution is -2.59. The van der Waals surface area contributed by atoms with Gasteiger partial charge in [-0.2, -0.15) is 0 Å². The van der Waals surface area contributed by atoms with Crippen LogP contribution in [0.1, 0.15) is 77.2 Å². The first-order valence-electron chi connectivity index (χ1n) is 16.2. The topological polar surface area (TPSA) is 218 Å². The Morgan fingerprint density at radius 3 is 1.84 bits per heavy atom. The van der Waals surface area contributed by atoms with Gasteiger partial charge in [-0.05, 0) is 88.9 Å². The summed E-state index contributed by atoms with van der Waals surface area (Å²) in [5.41, 5.74) is 12.1. The molecular weight excluding hydrogens is 578 g/mol. The number of rotatable bonds is 21. The molecule has 0 aromatic heterocycles. The van der Waals surface area contributed by atoms with Crippen molar-refractivity contribution in [2.24, 2.45) is 17.4 Å². The molecule has 1 aromatic rings. The Morgan fingerprint density at radius 1 is 0.800 bits per heavy atom. The summed E-state index contributed by atoms with van der Waals surface area (Å²) in [4.78, 5) is 65.4. The molecule has 1 heterocycles. The molecule has 0 unspecified atom stereocenters. The predicted molar refractivity (Wildman–Crippen MR) is 172 cm³/mol. The SMILES string of the molecule is CC(C)C[C@H](NC(=O)[C@H](CCCCN)NC(=O)[C@H](Cc1ccccc1)NC(=O)[C@H](CCCCN)NC(=O)[C@@H]1CCCN1)C(=O)O. The summed E-state index contributed by atoms with van der Waals surface area (Å²) in [6.07, 6.45) is 4.89. The Balaban J connectivity index is 2.27. The monoisotopic (exact) mass is 631 g/mol. The lowest BCUT2D eigenvalue weighted by Gasteiger charge is -2.27. The highest BCUT2D eigenvalue weighted by Crippen LogP contribution is 2.11. The van der Waals surface area contributed by atoms with Crippen LogP contribution in [0, 0.1) is 5.92 Å². The minimum atomic E-state index is -1.16. The Kier molecular flexibility index (Phi) is 17.1. The van der Waals surface area contributed by atoms with Crippen molar-refractivity contribution in [1.82, 2.24) is 26.6 Å². The molecule has 1 fully saturated rings. The van der Waals surface area contributed by atoms with Crippen molar-refractivity contribution in [1.29, 1.82) is 0 Å². The van der Waals surface area contributed by atoms with Crippen molar-refractivity contribution >= 4 is 29.6 Å². The zero-order valence-corrected chi connectivity index (χ0v) is 26.7. The molecule has 45 heavy (non-hydrogen) atoms. The molecule has 1 aromatic carbocycles. The zero-order chi connectivity index (χ0) is 33.2. The molecule has 5 atom stereocenters. The highest BCUT2D eigenvalue weighted by molar-refractivity contribution is 5.95. The standard InChI is InChI=1S/C32H53N7O6/c1-21(2)19-27(32(44)45)39-30(42)25(14-7-9-17-34)37-31(43)26(20-22-11-4-3-5-12-22)38-29(41)24(13-6-8-16-33)36-28(40)23-15-10-18-35-23/h3-5,11-12,21,23-27,35H,6-10,13-20,33-34H2,1-2H3,(H,36,40)(H,37,43)(H,38,41)(H,39,42)(H,44,45)/t23-,24-,25-,26-,27-/m0/s1. The van der Waals surface area contributed by atoms with Gasteiger partial charge >= 0.3 is 5.97 Å². The van der Waals surface area contributed by atoms with Crippen LogP contribution in [0.5, 0.6) is 0 Å². The number of aliphatic carboxylic acids is 1. The van der Waals surface area contributed by atoms with Crippen LogP contribution in [-0.2, 0) is 30.4 Å². The Labute approximate surface area is 266 Å². The van der Waals surface area contributed by atoms with Gasteiger partial charge in [-0.3, -0.25) is 19.2 Å². The number of hydrogen-bond acceptors (Lipinski definition) is 8. The van der Waals surface area contributed by atoms with Crippen LogP contribution in [0.25, 0.3) is 0 Å². The summed E-state index contributed by atoms with van der Waals surface area (Å²) >= 11 is 0. The van der Waals surface area contributed by atoms with Gasteiger partial charge in [0.05, 0.1) is 6.04 Å². The van der Waals surface area contributed by atoms with Crippen LogP contribution in [0.3, 0.4) is 0 Å². The third-order valence-corrected chi connectivity index (χ3v) is 7.77. The van der Waals surface area contributed by atoms with E-state index in [0.29, 0.717) is 51.6 Å². The molecule has 10 N–H and O–H groups in total. The molecule has 4 amide bonds. The van der Waals surface area contributed by atoms with Gasteiger partial charge < -0.3 is 43.2 Å². The van der Waals surface area contributed by atoms with E-state index in [2.05, 4.69) is 26.6 Å². The van der Waals surface area contributed by atoms with E-state index >= 15 is 0 Å². The van der Waals surface area contributed by atoms with Gasteiger partial charge in [-0.25, -0.2) is 4.79 Å². The van der Waals surface area contributed by atoms with E-state index in [9.17, 15) is 29.1 Å². The van der Waals surface area contributed by atoms with E-state index in [1.54, 1.807) is 0 Å². The van der Waals surface area contributed by atoms with Gasteiger partial charge in [0.2, 0.25) is 23.6 Å². The van der Waals surface area contributed by atoms with Crippen LogP contribution >= 0.6 is 0 Å². The van der Waals surface area contributed by atoms with Crippen LogP contribution in [0.2, 0.25) is 0 Å². The van der Waals surface area contributed by atoms with E-state index in [1.807, 2.05) is 44.2 Å². The molecule has 13 heteroatoms. The maximum Gasteiger partial charge on any atom is 0.326 e. The van der Waals surface area contributed by atoms with Gasteiger partial charge in [-0.1, -0.05) is 44.2 Å². The van der Waals surface area contributed by atoms with Crippen LogP contribution in [-0.4, -0.2) is 84.5 Å². The number of carboxylic acids is 1. The van der Waals surface area contributed by atoms with E-state index < -0.39 is 47.9 Å². The Bertz CT molecular complexity index is 1080. The van der Waals surface area contributed by atoms with Crippen molar-refractivity contribution in [2.75, 3.05) is 19.6 Å². The molecule has 1 aliphatic heterocycles. The van der Waals surface area contributed by atoms with Crippen molar-refractivity contribution in [3.8, 4) is 0 Å².